The topological polar surface area (TPSA) is 63.6 Å². The average Bonchev–Trinajstić information content (AvgIpc) is 2.54. The first-order valence-corrected chi connectivity index (χ1v) is 7.02. The minimum atomic E-state index is -1.16. The Morgan fingerprint density at radius 3 is 2.68 bits per heavy atom. The van der Waals surface area contributed by atoms with Crippen LogP contribution in [0.15, 0.2) is 48.6 Å². The summed E-state index contributed by atoms with van der Waals surface area (Å²) in [6.07, 6.45) is 8.07. The number of benzene rings is 1. The summed E-state index contributed by atoms with van der Waals surface area (Å²) in [5, 5.41) is 8.80. The van der Waals surface area contributed by atoms with Crippen molar-refractivity contribution in [2.75, 3.05) is 7.11 Å². The molecule has 0 amide bonds. The summed E-state index contributed by atoms with van der Waals surface area (Å²) in [5.41, 5.74) is 2.29. The third-order valence-electron chi connectivity index (χ3n) is 3.51. The lowest BCUT2D eigenvalue weighted by Gasteiger charge is -2.13. The first-order chi connectivity index (χ1) is 10.5. The first-order valence-electron chi connectivity index (χ1n) is 7.02. The Morgan fingerprint density at radius 1 is 1.32 bits per heavy atom. The van der Waals surface area contributed by atoms with Crippen molar-refractivity contribution in [1.29, 1.82) is 0 Å². The van der Waals surface area contributed by atoms with Crippen molar-refractivity contribution in [2.45, 2.75) is 19.3 Å². The molecular formula is C18H18O4. The lowest BCUT2D eigenvalue weighted by atomic mass is 9.96. The molecule has 1 aliphatic rings. The maximum atomic E-state index is 12.1. The van der Waals surface area contributed by atoms with Gasteiger partial charge in [0, 0.05) is 23.1 Å². The summed E-state index contributed by atoms with van der Waals surface area (Å²) in [5.74, 6) is -0.843. The van der Waals surface area contributed by atoms with Gasteiger partial charge in [-0.05, 0) is 30.5 Å². The molecule has 1 aromatic carbocycles. The van der Waals surface area contributed by atoms with E-state index in [0.29, 0.717) is 11.3 Å². The third-order valence-corrected chi connectivity index (χ3v) is 3.51. The van der Waals surface area contributed by atoms with E-state index in [1.165, 1.54) is 0 Å². The number of Topliss-reactive ketones (excluding diaryl/α,β-unsaturated/α-hetero) is 1. The molecule has 0 atom stereocenters. The van der Waals surface area contributed by atoms with Crippen molar-refractivity contribution in [3.8, 4) is 5.75 Å². The number of ether oxygens (including phenoxy) is 1. The van der Waals surface area contributed by atoms with Crippen LogP contribution in [0.1, 0.15) is 35.2 Å². The highest BCUT2D eigenvalue weighted by Gasteiger charge is 2.15. The second kappa shape index (κ2) is 6.89. The summed E-state index contributed by atoms with van der Waals surface area (Å²) >= 11 is 0. The minimum Gasteiger partial charge on any atom is -0.496 e. The average molecular weight is 298 g/mol. The molecule has 2 rings (SSSR count). The lowest BCUT2D eigenvalue weighted by Crippen LogP contribution is -2.07. The molecule has 22 heavy (non-hydrogen) atoms. The molecule has 114 valence electrons. The summed E-state index contributed by atoms with van der Waals surface area (Å²) in [4.78, 5) is 22.9. The van der Waals surface area contributed by atoms with Crippen molar-refractivity contribution in [2.24, 2.45) is 0 Å². The van der Waals surface area contributed by atoms with Gasteiger partial charge in [0.25, 0.3) is 0 Å². The number of carbonyl (C=O) groups excluding carboxylic acids is 1. The van der Waals surface area contributed by atoms with Crippen molar-refractivity contribution in [3.05, 3.63) is 59.7 Å². The van der Waals surface area contributed by atoms with Gasteiger partial charge in [-0.1, -0.05) is 30.9 Å². The molecule has 0 bridgehead atoms. The Bertz CT molecular complexity index is 680. The monoisotopic (exact) mass is 298 g/mol. The summed E-state index contributed by atoms with van der Waals surface area (Å²) in [6.45, 7) is 3.38. The van der Waals surface area contributed by atoms with Crippen LogP contribution < -0.4 is 4.74 Å². The van der Waals surface area contributed by atoms with Crippen LogP contribution in [-0.2, 0) is 4.79 Å². The molecule has 0 spiro atoms. The van der Waals surface area contributed by atoms with Crippen LogP contribution in [0, 0.1) is 0 Å². The van der Waals surface area contributed by atoms with E-state index in [2.05, 4.69) is 18.7 Å². The van der Waals surface area contributed by atoms with Crippen LogP contribution in [0.25, 0.3) is 5.57 Å². The predicted molar refractivity (Wildman–Crippen MR) is 85.1 cm³/mol. The van der Waals surface area contributed by atoms with Crippen LogP contribution in [0.3, 0.4) is 0 Å². The van der Waals surface area contributed by atoms with Crippen molar-refractivity contribution in [1.82, 2.24) is 0 Å². The third kappa shape index (κ3) is 3.52. The Balaban J connectivity index is 2.27. The number of carbonyl (C=O) groups is 2. The standard InChI is InChI=1S/C18H18O4/c1-12(18(20)21)10-16(19)14-8-9-15(17(11-14)22-2)13-6-4-3-5-7-13/h4,6-9,11H,1,3,5,10H2,2H3,(H,20,21). The van der Waals surface area contributed by atoms with Gasteiger partial charge in [-0.25, -0.2) is 4.79 Å². The van der Waals surface area contributed by atoms with Crippen LogP contribution in [0.4, 0.5) is 0 Å². The molecule has 1 N–H and O–H groups in total. The zero-order chi connectivity index (χ0) is 16.1. The molecule has 0 fully saturated rings. The Labute approximate surface area is 129 Å². The molecular weight excluding hydrogens is 280 g/mol. The van der Waals surface area contributed by atoms with Gasteiger partial charge in [-0.15, -0.1) is 0 Å². The number of carboxylic acid groups (broad SMARTS) is 1. The second-order valence-corrected chi connectivity index (χ2v) is 5.06. The zero-order valence-corrected chi connectivity index (χ0v) is 12.5. The number of allylic oxidation sites excluding steroid dienone is 4. The van der Waals surface area contributed by atoms with E-state index in [9.17, 15) is 9.59 Å². The van der Waals surface area contributed by atoms with Crippen LogP contribution >= 0.6 is 0 Å². The van der Waals surface area contributed by atoms with E-state index >= 15 is 0 Å². The fourth-order valence-corrected chi connectivity index (χ4v) is 2.29. The fourth-order valence-electron chi connectivity index (χ4n) is 2.29. The Kier molecular flexibility index (Phi) is 4.94. The van der Waals surface area contributed by atoms with Gasteiger partial charge < -0.3 is 9.84 Å². The molecule has 0 radical (unpaired) electrons. The summed E-state index contributed by atoms with van der Waals surface area (Å²) in [6, 6.07) is 5.17. The van der Waals surface area contributed by atoms with Crippen LogP contribution in [0.2, 0.25) is 0 Å². The molecule has 1 aliphatic carbocycles. The molecule has 0 aromatic heterocycles. The Hall–Kier alpha value is -2.62. The predicted octanol–water partition coefficient (Wildman–Crippen LogP) is 3.64. The smallest absolute Gasteiger partial charge is 0.331 e. The van der Waals surface area contributed by atoms with Gasteiger partial charge in [-0.2, -0.15) is 0 Å². The van der Waals surface area contributed by atoms with Gasteiger partial charge >= 0.3 is 5.97 Å². The Morgan fingerprint density at radius 2 is 2.09 bits per heavy atom. The lowest BCUT2D eigenvalue weighted by molar-refractivity contribution is -0.132. The van der Waals surface area contributed by atoms with Crippen molar-refractivity contribution in [3.63, 3.8) is 0 Å². The molecule has 0 aliphatic heterocycles. The maximum Gasteiger partial charge on any atom is 0.331 e. The number of aliphatic carboxylic acids is 1. The van der Waals surface area contributed by atoms with E-state index in [1.54, 1.807) is 19.2 Å². The van der Waals surface area contributed by atoms with Gasteiger partial charge in [-0.3, -0.25) is 4.79 Å². The SMILES string of the molecule is C=C(CC(=O)c1ccc(C2=CCCC=C2)c(OC)c1)C(=O)O. The highest BCUT2D eigenvalue weighted by atomic mass is 16.5. The van der Waals surface area contributed by atoms with Crippen LogP contribution in [-0.4, -0.2) is 24.0 Å². The minimum absolute atomic E-state index is 0.119. The number of methoxy groups -OCH3 is 1. The largest absolute Gasteiger partial charge is 0.496 e. The molecule has 0 unspecified atom stereocenters. The van der Waals surface area contributed by atoms with Gasteiger partial charge in [0.1, 0.15) is 5.75 Å². The molecule has 0 heterocycles. The zero-order valence-electron chi connectivity index (χ0n) is 12.5. The maximum absolute atomic E-state index is 12.1. The van der Waals surface area contributed by atoms with Gasteiger partial charge in [0.2, 0.25) is 0 Å². The highest BCUT2D eigenvalue weighted by molar-refractivity contribution is 6.03. The van der Waals surface area contributed by atoms with E-state index in [-0.39, 0.29) is 17.8 Å². The van der Waals surface area contributed by atoms with Crippen molar-refractivity contribution < 1.29 is 19.4 Å². The number of ketones is 1. The van der Waals surface area contributed by atoms with Crippen LogP contribution in [0.5, 0.6) is 5.75 Å². The van der Waals surface area contributed by atoms with Gasteiger partial charge in [0.15, 0.2) is 5.78 Å². The normalized spacial score (nSPS) is 13.4. The van der Waals surface area contributed by atoms with E-state index in [4.69, 9.17) is 9.84 Å². The number of carboxylic acids is 1. The quantitative estimate of drug-likeness (QED) is 0.643. The molecule has 4 heteroatoms. The number of hydrogen-bond donors (Lipinski definition) is 1. The highest BCUT2D eigenvalue weighted by Crippen LogP contribution is 2.31. The number of hydrogen-bond acceptors (Lipinski definition) is 3. The van der Waals surface area contributed by atoms with Gasteiger partial charge in [0.05, 0.1) is 7.11 Å². The molecule has 1 aromatic rings. The molecule has 4 nitrogen and oxygen atoms in total. The fraction of sp³-hybridized carbons (Fsp3) is 0.222. The first kappa shape index (κ1) is 15.8. The van der Waals surface area contributed by atoms with E-state index in [1.807, 2.05) is 12.1 Å². The second-order valence-electron chi connectivity index (χ2n) is 5.06. The molecule has 0 saturated heterocycles. The van der Waals surface area contributed by atoms with E-state index < -0.39 is 5.97 Å². The molecule has 0 saturated carbocycles. The number of rotatable bonds is 6. The van der Waals surface area contributed by atoms with Crippen molar-refractivity contribution >= 4 is 17.3 Å². The summed E-state index contributed by atoms with van der Waals surface area (Å²) in [7, 11) is 1.55. The summed E-state index contributed by atoms with van der Waals surface area (Å²) < 4.78 is 5.38. The van der Waals surface area contributed by atoms with E-state index in [0.717, 1.165) is 24.0 Å².